The van der Waals surface area contributed by atoms with Crippen molar-refractivity contribution in [2.45, 2.75) is 19.4 Å². The van der Waals surface area contributed by atoms with Crippen LogP contribution in [0.1, 0.15) is 27.9 Å². The highest BCUT2D eigenvalue weighted by atomic mass is 19.1. The first-order valence-electron chi connectivity index (χ1n) is 10.5. The van der Waals surface area contributed by atoms with E-state index in [4.69, 9.17) is 13.9 Å². The number of hydrogen-bond donors (Lipinski definition) is 3. The Morgan fingerprint density at radius 1 is 1.15 bits per heavy atom. The Morgan fingerprint density at radius 3 is 2.88 bits per heavy atom. The van der Waals surface area contributed by atoms with Crippen LogP contribution in [0.4, 0.5) is 4.39 Å². The number of aromatic amines is 1. The average Bonchev–Trinajstić information content (AvgIpc) is 3.55. The lowest BCUT2D eigenvalue weighted by atomic mass is 10.3. The molecule has 0 bridgehead atoms. The van der Waals surface area contributed by atoms with E-state index >= 15 is 0 Å². The van der Waals surface area contributed by atoms with Crippen LogP contribution >= 0.6 is 0 Å². The summed E-state index contributed by atoms with van der Waals surface area (Å²) in [6.07, 6.45) is 3.99. The van der Waals surface area contributed by atoms with E-state index in [2.05, 4.69) is 30.6 Å². The van der Waals surface area contributed by atoms with Crippen molar-refractivity contribution in [2.75, 3.05) is 19.9 Å². The molecule has 5 rings (SSSR count). The van der Waals surface area contributed by atoms with Crippen molar-refractivity contribution in [3.05, 3.63) is 65.6 Å². The third-order valence-electron chi connectivity index (χ3n) is 5.11. The van der Waals surface area contributed by atoms with E-state index in [1.54, 1.807) is 0 Å². The van der Waals surface area contributed by atoms with Gasteiger partial charge in [-0.25, -0.2) is 14.4 Å². The summed E-state index contributed by atoms with van der Waals surface area (Å²) in [6, 6.07) is 6.55. The number of amides is 1. The zero-order valence-electron chi connectivity index (χ0n) is 17.6. The van der Waals surface area contributed by atoms with Crippen LogP contribution in [0, 0.1) is 5.82 Å². The lowest BCUT2D eigenvalue weighted by molar-refractivity contribution is 0.0945. The maximum absolute atomic E-state index is 13.6. The Bertz CT molecular complexity index is 1250. The molecule has 170 valence electrons. The van der Waals surface area contributed by atoms with Crippen LogP contribution in [0.2, 0.25) is 0 Å². The van der Waals surface area contributed by atoms with Crippen LogP contribution in [0.3, 0.4) is 0 Å². The molecule has 3 N–H and O–H groups in total. The number of H-pyrrole nitrogens is 1. The number of nitrogens with one attached hydrogen (secondary N) is 3. The van der Waals surface area contributed by atoms with Crippen LogP contribution in [0.5, 0.6) is 11.5 Å². The van der Waals surface area contributed by atoms with Crippen LogP contribution in [-0.2, 0) is 19.4 Å². The summed E-state index contributed by atoms with van der Waals surface area (Å²) in [5.74, 6) is 1.81. The third-order valence-corrected chi connectivity index (χ3v) is 5.11. The highest BCUT2D eigenvalue weighted by Gasteiger charge is 2.16. The summed E-state index contributed by atoms with van der Waals surface area (Å²) >= 11 is 0. The van der Waals surface area contributed by atoms with Gasteiger partial charge in [-0.1, -0.05) is 0 Å². The average molecular weight is 452 g/mol. The molecule has 0 saturated heterocycles. The van der Waals surface area contributed by atoms with Gasteiger partial charge in [0, 0.05) is 44.3 Å². The Hall–Kier alpha value is -3.99. The number of ether oxygens (including phenoxy) is 2. The van der Waals surface area contributed by atoms with Gasteiger partial charge in [0.2, 0.25) is 6.79 Å². The van der Waals surface area contributed by atoms with Gasteiger partial charge in [0.05, 0.1) is 23.3 Å². The van der Waals surface area contributed by atoms with E-state index in [1.165, 1.54) is 24.6 Å². The van der Waals surface area contributed by atoms with Gasteiger partial charge in [0.1, 0.15) is 17.9 Å². The van der Waals surface area contributed by atoms with E-state index in [0.29, 0.717) is 37.6 Å². The highest BCUT2D eigenvalue weighted by Crippen LogP contribution is 2.35. The van der Waals surface area contributed by atoms with Crippen molar-refractivity contribution in [1.29, 1.82) is 0 Å². The molecule has 0 unspecified atom stereocenters. The summed E-state index contributed by atoms with van der Waals surface area (Å²) in [5, 5.41) is 5.89. The van der Waals surface area contributed by atoms with Crippen molar-refractivity contribution in [3.63, 3.8) is 0 Å². The summed E-state index contributed by atoms with van der Waals surface area (Å²) in [6.45, 7) is 1.54. The maximum atomic E-state index is 13.6. The van der Waals surface area contributed by atoms with Gasteiger partial charge >= 0.3 is 0 Å². The second-order valence-electron chi connectivity index (χ2n) is 7.40. The molecule has 33 heavy (non-hydrogen) atoms. The molecule has 11 heteroatoms. The molecule has 4 heterocycles. The number of oxazole rings is 1. The van der Waals surface area contributed by atoms with Gasteiger partial charge in [-0.2, -0.15) is 0 Å². The molecule has 0 fully saturated rings. The van der Waals surface area contributed by atoms with Crippen LogP contribution in [0.15, 0.2) is 41.1 Å². The highest BCUT2D eigenvalue weighted by molar-refractivity contribution is 5.91. The standard InChI is InChI=1S/C22H21FN6O4/c23-13-2-1-5-25-16(13)10-26-22(30)17-11-31-21(29-17)4-7-24-6-3-20-27-14-8-18-19(33-12-32-18)9-15(14)28-20/h1-2,5,8-9,11,24H,3-4,6-7,10,12H2,(H,26,30)(H,27,28). The number of carbonyl (C=O) groups excluding carboxylic acids is 1. The molecular formula is C22H21FN6O4. The van der Waals surface area contributed by atoms with Crippen molar-refractivity contribution in [2.24, 2.45) is 0 Å². The van der Waals surface area contributed by atoms with E-state index in [-0.39, 0.29) is 24.7 Å². The number of hydrogen-bond acceptors (Lipinski definition) is 8. The third kappa shape index (κ3) is 4.77. The van der Waals surface area contributed by atoms with Gasteiger partial charge in [0.25, 0.3) is 5.91 Å². The molecule has 3 aromatic heterocycles. The summed E-state index contributed by atoms with van der Waals surface area (Å²) in [4.78, 5) is 28.1. The maximum Gasteiger partial charge on any atom is 0.273 e. The molecule has 0 saturated carbocycles. The number of benzene rings is 1. The Kier molecular flexibility index (Phi) is 5.85. The van der Waals surface area contributed by atoms with Crippen LogP contribution < -0.4 is 20.1 Å². The number of carbonyl (C=O) groups is 1. The lowest BCUT2D eigenvalue weighted by Crippen LogP contribution is -2.24. The van der Waals surface area contributed by atoms with Gasteiger partial charge in [-0.15, -0.1) is 0 Å². The summed E-state index contributed by atoms with van der Waals surface area (Å²) in [7, 11) is 0. The largest absolute Gasteiger partial charge is 0.454 e. The van der Waals surface area contributed by atoms with Crippen molar-refractivity contribution in [3.8, 4) is 11.5 Å². The fourth-order valence-corrected chi connectivity index (χ4v) is 3.43. The predicted octanol–water partition coefficient (Wildman–Crippen LogP) is 2.12. The molecule has 0 aliphatic carbocycles. The first-order valence-corrected chi connectivity index (χ1v) is 10.5. The van der Waals surface area contributed by atoms with Gasteiger partial charge in [-0.3, -0.25) is 9.78 Å². The van der Waals surface area contributed by atoms with E-state index in [9.17, 15) is 9.18 Å². The quantitative estimate of drug-likeness (QED) is 0.330. The zero-order chi connectivity index (χ0) is 22.6. The first kappa shape index (κ1) is 20.9. The molecule has 4 aromatic rings. The van der Waals surface area contributed by atoms with Crippen LogP contribution in [0.25, 0.3) is 11.0 Å². The van der Waals surface area contributed by atoms with Gasteiger partial charge < -0.3 is 29.5 Å². The minimum absolute atomic E-state index is 0.0281. The van der Waals surface area contributed by atoms with Crippen LogP contribution in [-0.4, -0.2) is 45.7 Å². The second kappa shape index (κ2) is 9.25. The summed E-state index contributed by atoms with van der Waals surface area (Å²) < 4.78 is 29.7. The predicted molar refractivity (Wildman–Crippen MR) is 114 cm³/mol. The molecule has 10 nitrogen and oxygen atoms in total. The summed E-state index contributed by atoms with van der Waals surface area (Å²) in [5.41, 5.74) is 2.05. The van der Waals surface area contributed by atoms with E-state index in [0.717, 1.165) is 22.6 Å². The van der Waals surface area contributed by atoms with Crippen molar-refractivity contribution < 1.29 is 23.1 Å². The number of nitrogens with zero attached hydrogens (tertiary/aromatic N) is 3. The van der Waals surface area contributed by atoms with Crippen molar-refractivity contribution >= 4 is 16.9 Å². The number of halogens is 1. The monoisotopic (exact) mass is 452 g/mol. The van der Waals surface area contributed by atoms with E-state index < -0.39 is 11.7 Å². The first-order chi connectivity index (χ1) is 16.2. The van der Waals surface area contributed by atoms with Gasteiger partial charge in [-0.05, 0) is 12.1 Å². The fourth-order valence-electron chi connectivity index (χ4n) is 3.43. The Balaban J connectivity index is 1.05. The minimum Gasteiger partial charge on any atom is -0.454 e. The topological polar surface area (TPSA) is 127 Å². The number of pyridine rings is 1. The molecule has 0 spiro atoms. The molecule has 1 amide bonds. The van der Waals surface area contributed by atoms with Gasteiger partial charge in [0.15, 0.2) is 23.1 Å². The Morgan fingerprint density at radius 2 is 2.00 bits per heavy atom. The molecular weight excluding hydrogens is 431 g/mol. The van der Waals surface area contributed by atoms with Crippen molar-refractivity contribution in [1.82, 2.24) is 30.6 Å². The molecule has 1 aromatic carbocycles. The molecule has 0 atom stereocenters. The Labute approximate surface area is 187 Å². The minimum atomic E-state index is -0.473. The zero-order valence-corrected chi connectivity index (χ0v) is 17.6. The normalized spacial score (nSPS) is 12.4. The van der Waals surface area contributed by atoms with E-state index in [1.807, 2.05) is 12.1 Å². The smallest absolute Gasteiger partial charge is 0.273 e. The number of rotatable bonds is 9. The SMILES string of the molecule is O=C(NCc1ncccc1F)c1coc(CCNCCc2nc3cc4c(cc3[nH]2)OCO4)n1. The number of imidazole rings is 1. The lowest BCUT2D eigenvalue weighted by Gasteiger charge is -2.03. The fraction of sp³-hybridized carbons (Fsp3) is 0.273. The number of fused-ring (bicyclic) bond motifs is 2. The molecule has 0 radical (unpaired) electrons. The second-order valence-corrected chi connectivity index (χ2v) is 7.40. The molecule has 1 aliphatic heterocycles. The number of aromatic nitrogens is 4. The molecule has 1 aliphatic rings.